The quantitative estimate of drug-likeness (QED) is 0.631. The molecule has 4 rings (SSSR count). The Hall–Kier alpha value is -3.35. The van der Waals surface area contributed by atoms with Crippen molar-refractivity contribution in [3.05, 3.63) is 48.0 Å². The number of fused-ring (bicyclic) bond motifs is 1. The van der Waals surface area contributed by atoms with Crippen LogP contribution in [0.3, 0.4) is 0 Å². The SMILES string of the molecule is Cc1ccc2c(N3CCC(N(CC(C)C)C(=O)O)C3)nc(-c3ccccc3O)nc2c1. The third kappa shape index (κ3) is 4.26. The summed E-state index contributed by atoms with van der Waals surface area (Å²) in [7, 11) is 0. The molecule has 3 aromatic rings. The Morgan fingerprint density at radius 1 is 1.23 bits per heavy atom. The van der Waals surface area contributed by atoms with Crippen LogP contribution in [0.15, 0.2) is 42.5 Å². The molecular weight excluding hydrogens is 392 g/mol. The molecule has 0 aliphatic carbocycles. The first-order chi connectivity index (χ1) is 14.8. The fraction of sp³-hybridized carbons (Fsp3) is 0.375. The van der Waals surface area contributed by atoms with Gasteiger partial charge < -0.3 is 20.0 Å². The van der Waals surface area contributed by atoms with Crippen molar-refractivity contribution in [2.45, 2.75) is 33.2 Å². The first-order valence-corrected chi connectivity index (χ1v) is 10.6. The molecule has 162 valence electrons. The summed E-state index contributed by atoms with van der Waals surface area (Å²) in [5, 5.41) is 21.0. The second-order valence-corrected chi connectivity index (χ2v) is 8.63. The zero-order valence-corrected chi connectivity index (χ0v) is 18.1. The molecule has 1 atom stereocenters. The topological polar surface area (TPSA) is 89.8 Å². The van der Waals surface area contributed by atoms with Crippen molar-refractivity contribution in [3.8, 4) is 17.1 Å². The van der Waals surface area contributed by atoms with E-state index in [1.807, 2.05) is 45.0 Å². The zero-order chi connectivity index (χ0) is 22.1. The molecule has 0 spiro atoms. The number of hydrogen-bond acceptors (Lipinski definition) is 5. The largest absolute Gasteiger partial charge is 0.507 e. The van der Waals surface area contributed by atoms with Crippen LogP contribution in [-0.2, 0) is 0 Å². The first-order valence-electron chi connectivity index (χ1n) is 10.6. The van der Waals surface area contributed by atoms with Crippen LogP contribution in [0.4, 0.5) is 10.6 Å². The molecule has 1 unspecified atom stereocenters. The maximum absolute atomic E-state index is 11.8. The van der Waals surface area contributed by atoms with Crippen LogP contribution in [0, 0.1) is 12.8 Å². The summed E-state index contributed by atoms with van der Waals surface area (Å²) >= 11 is 0. The van der Waals surface area contributed by atoms with Gasteiger partial charge >= 0.3 is 6.09 Å². The molecule has 7 heteroatoms. The average molecular weight is 421 g/mol. The number of aryl methyl sites for hydroxylation is 1. The van der Waals surface area contributed by atoms with Gasteiger partial charge in [-0.05, 0) is 49.1 Å². The van der Waals surface area contributed by atoms with E-state index < -0.39 is 6.09 Å². The Bertz CT molecular complexity index is 1120. The van der Waals surface area contributed by atoms with Crippen molar-refractivity contribution in [1.82, 2.24) is 14.9 Å². The molecule has 31 heavy (non-hydrogen) atoms. The van der Waals surface area contributed by atoms with Gasteiger partial charge in [-0.3, -0.25) is 0 Å². The van der Waals surface area contributed by atoms with E-state index in [4.69, 9.17) is 9.97 Å². The first kappa shape index (κ1) is 20.9. The molecule has 1 amide bonds. The van der Waals surface area contributed by atoms with Crippen LogP contribution >= 0.6 is 0 Å². The Morgan fingerprint density at radius 2 is 2.00 bits per heavy atom. The summed E-state index contributed by atoms with van der Waals surface area (Å²) in [6, 6.07) is 13.0. The van der Waals surface area contributed by atoms with Gasteiger partial charge in [-0.15, -0.1) is 0 Å². The number of rotatable bonds is 5. The van der Waals surface area contributed by atoms with Crippen LogP contribution in [-0.4, -0.2) is 56.9 Å². The van der Waals surface area contributed by atoms with Crippen molar-refractivity contribution in [2.24, 2.45) is 5.92 Å². The number of para-hydroxylation sites is 1. The Morgan fingerprint density at radius 3 is 2.71 bits per heavy atom. The smallest absolute Gasteiger partial charge is 0.407 e. The van der Waals surface area contributed by atoms with Crippen molar-refractivity contribution >= 4 is 22.8 Å². The maximum Gasteiger partial charge on any atom is 0.407 e. The van der Waals surface area contributed by atoms with Gasteiger partial charge in [0.25, 0.3) is 0 Å². The molecule has 1 aliphatic rings. The third-order valence-corrected chi connectivity index (χ3v) is 5.69. The molecule has 2 N–H and O–H groups in total. The van der Waals surface area contributed by atoms with E-state index in [0.717, 1.165) is 28.7 Å². The number of phenols is 1. The minimum absolute atomic E-state index is 0.0797. The number of carbonyl (C=O) groups is 1. The lowest BCUT2D eigenvalue weighted by atomic mass is 10.1. The number of nitrogens with zero attached hydrogens (tertiary/aromatic N) is 4. The van der Waals surface area contributed by atoms with Crippen LogP contribution < -0.4 is 4.90 Å². The lowest BCUT2D eigenvalue weighted by molar-refractivity contribution is 0.121. The fourth-order valence-electron chi connectivity index (χ4n) is 4.21. The minimum atomic E-state index is -0.876. The van der Waals surface area contributed by atoms with E-state index in [1.165, 1.54) is 0 Å². The van der Waals surface area contributed by atoms with Gasteiger partial charge in [-0.25, -0.2) is 14.8 Å². The molecular formula is C24H28N4O3. The van der Waals surface area contributed by atoms with Crippen LogP contribution in [0.25, 0.3) is 22.3 Å². The van der Waals surface area contributed by atoms with Gasteiger partial charge in [-0.1, -0.05) is 32.0 Å². The number of aromatic nitrogens is 2. The van der Waals surface area contributed by atoms with Crippen molar-refractivity contribution in [3.63, 3.8) is 0 Å². The van der Waals surface area contributed by atoms with Gasteiger partial charge in [0.2, 0.25) is 0 Å². The lowest BCUT2D eigenvalue weighted by Gasteiger charge is -2.28. The molecule has 7 nitrogen and oxygen atoms in total. The Kier molecular flexibility index (Phi) is 5.67. The van der Waals surface area contributed by atoms with Crippen molar-refractivity contribution < 1.29 is 15.0 Å². The number of benzene rings is 2. The molecule has 1 saturated heterocycles. The molecule has 1 aliphatic heterocycles. The summed E-state index contributed by atoms with van der Waals surface area (Å²) in [4.78, 5) is 25.1. The number of hydrogen-bond donors (Lipinski definition) is 2. The van der Waals surface area contributed by atoms with E-state index in [1.54, 1.807) is 23.1 Å². The van der Waals surface area contributed by atoms with Crippen molar-refractivity contribution in [2.75, 3.05) is 24.5 Å². The standard InChI is InChI=1S/C24H28N4O3/c1-15(2)13-28(24(30)31)17-10-11-27(14-17)23-18-9-8-16(3)12-20(18)25-22(26-23)19-6-4-5-7-21(19)29/h4-9,12,15,17,29H,10-11,13-14H2,1-3H3,(H,30,31). The van der Waals surface area contributed by atoms with Gasteiger partial charge in [0.05, 0.1) is 17.1 Å². The maximum atomic E-state index is 11.8. The highest BCUT2D eigenvalue weighted by Crippen LogP contribution is 2.33. The van der Waals surface area contributed by atoms with E-state index in [2.05, 4.69) is 4.90 Å². The van der Waals surface area contributed by atoms with Crippen LogP contribution in [0.5, 0.6) is 5.75 Å². The number of phenolic OH excluding ortho intramolecular Hbond substituents is 1. The highest BCUT2D eigenvalue weighted by Gasteiger charge is 2.32. The predicted molar refractivity (Wildman–Crippen MR) is 122 cm³/mol. The molecule has 1 fully saturated rings. The lowest BCUT2D eigenvalue weighted by Crippen LogP contribution is -2.43. The summed E-state index contributed by atoms with van der Waals surface area (Å²) in [5.41, 5.74) is 2.48. The molecule has 1 aromatic heterocycles. The van der Waals surface area contributed by atoms with Crippen LogP contribution in [0.2, 0.25) is 0 Å². The number of carboxylic acid groups (broad SMARTS) is 1. The van der Waals surface area contributed by atoms with Gasteiger partial charge in [-0.2, -0.15) is 0 Å². The summed E-state index contributed by atoms with van der Waals surface area (Å²) < 4.78 is 0. The van der Waals surface area contributed by atoms with Gasteiger partial charge in [0.1, 0.15) is 11.6 Å². The normalized spacial score (nSPS) is 16.3. The van der Waals surface area contributed by atoms with E-state index >= 15 is 0 Å². The van der Waals surface area contributed by atoms with Gasteiger partial charge in [0, 0.05) is 25.0 Å². The summed E-state index contributed by atoms with van der Waals surface area (Å²) in [6.07, 6.45) is -0.124. The molecule has 2 aromatic carbocycles. The Labute approximate surface area is 182 Å². The average Bonchev–Trinajstić information content (AvgIpc) is 3.20. The number of anilines is 1. The second-order valence-electron chi connectivity index (χ2n) is 8.63. The Balaban J connectivity index is 1.75. The van der Waals surface area contributed by atoms with E-state index in [-0.39, 0.29) is 17.7 Å². The van der Waals surface area contributed by atoms with E-state index in [0.29, 0.717) is 31.0 Å². The highest BCUT2D eigenvalue weighted by atomic mass is 16.4. The molecule has 2 heterocycles. The second kappa shape index (κ2) is 8.41. The summed E-state index contributed by atoms with van der Waals surface area (Å²) in [5.74, 6) is 1.64. The fourth-order valence-corrected chi connectivity index (χ4v) is 4.21. The monoisotopic (exact) mass is 420 g/mol. The zero-order valence-electron chi connectivity index (χ0n) is 18.1. The molecule has 0 bridgehead atoms. The number of aromatic hydroxyl groups is 1. The van der Waals surface area contributed by atoms with Crippen LogP contribution in [0.1, 0.15) is 25.8 Å². The third-order valence-electron chi connectivity index (χ3n) is 5.69. The highest BCUT2D eigenvalue weighted by molar-refractivity contribution is 5.92. The summed E-state index contributed by atoms with van der Waals surface area (Å²) in [6.45, 7) is 7.89. The van der Waals surface area contributed by atoms with Gasteiger partial charge in [0.15, 0.2) is 5.82 Å². The minimum Gasteiger partial charge on any atom is -0.507 e. The molecule has 0 saturated carbocycles. The van der Waals surface area contributed by atoms with E-state index in [9.17, 15) is 15.0 Å². The number of amides is 1. The predicted octanol–water partition coefficient (Wildman–Crippen LogP) is 4.53. The molecule has 0 radical (unpaired) electrons. The van der Waals surface area contributed by atoms with Crippen molar-refractivity contribution in [1.29, 1.82) is 0 Å².